The molecule has 3 aromatic rings. The lowest BCUT2D eigenvalue weighted by molar-refractivity contribution is 0.0526. The molecule has 0 saturated heterocycles. The number of carbonyl (C=O) groups is 1. The van der Waals surface area contributed by atoms with E-state index < -0.39 is 0 Å². The zero-order chi connectivity index (χ0) is 19.8. The maximum Gasteiger partial charge on any atom is 0.338 e. The molecule has 9 heteroatoms. The third kappa shape index (κ3) is 5.43. The molecule has 0 radical (unpaired) electrons. The SMILES string of the molecule is CCOC(=O)c1ccc(-c2ccc(CNCCCSc3nnnn3C)o2)cc1. The first kappa shape index (κ1) is 20.1. The number of rotatable bonds is 10. The molecule has 0 saturated carbocycles. The summed E-state index contributed by atoms with van der Waals surface area (Å²) in [5.74, 6) is 2.27. The van der Waals surface area contributed by atoms with E-state index in [4.69, 9.17) is 9.15 Å². The van der Waals surface area contributed by atoms with Crippen molar-refractivity contribution < 1.29 is 13.9 Å². The summed E-state index contributed by atoms with van der Waals surface area (Å²) < 4.78 is 12.5. The zero-order valence-corrected chi connectivity index (χ0v) is 16.7. The molecule has 1 N–H and O–H groups in total. The minimum Gasteiger partial charge on any atom is -0.462 e. The summed E-state index contributed by atoms with van der Waals surface area (Å²) in [6.07, 6.45) is 1.00. The van der Waals surface area contributed by atoms with E-state index >= 15 is 0 Å². The van der Waals surface area contributed by atoms with Crippen LogP contribution in [-0.2, 0) is 18.3 Å². The third-order valence-corrected chi connectivity index (χ3v) is 5.05. The Morgan fingerprint density at radius 1 is 1.25 bits per heavy atom. The van der Waals surface area contributed by atoms with Gasteiger partial charge >= 0.3 is 5.97 Å². The second kappa shape index (κ2) is 10.0. The Morgan fingerprint density at radius 2 is 2.07 bits per heavy atom. The van der Waals surface area contributed by atoms with Crippen LogP contribution in [0.5, 0.6) is 0 Å². The highest BCUT2D eigenvalue weighted by Crippen LogP contribution is 2.23. The van der Waals surface area contributed by atoms with Gasteiger partial charge in [-0.2, -0.15) is 0 Å². The Morgan fingerprint density at radius 3 is 2.79 bits per heavy atom. The summed E-state index contributed by atoms with van der Waals surface area (Å²) in [6.45, 7) is 3.70. The number of tetrazole rings is 1. The molecule has 1 aromatic carbocycles. The summed E-state index contributed by atoms with van der Waals surface area (Å²) in [6, 6.07) is 11.1. The van der Waals surface area contributed by atoms with Crippen molar-refractivity contribution in [1.29, 1.82) is 0 Å². The Hall–Kier alpha value is -2.65. The molecule has 3 rings (SSSR count). The van der Waals surface area contributed by atoms with Crippen molar-refractivity contribution in [3.05, 3.63) is 47.7 Å². The molecule has 0 unspecified atom stereocenters. The standard InChI is InChI=1S/C19H23N5O3S/c1-3-26-18(25)15-7-5-14(6-8-15)17-10-9-16(27-17)13-20-11-4-12-28-19-21-22-23-24(19)2/h5-10,20H,3-4,11-13H2,1-2H3. The van der Waals surface area contributed by atoms with Crippen molar-refractivity contribution in [2.75, 3.05) is 18.9 Å². The Balaban J connectivity index is 1.41. The zero-order valence-electron chi connectivity index (χ0n) is 15.9. The molecule has 8 nitrogen and oxygen atoms in total. The van der Waals surface area contributed by atoms with Crippen molar-refractivity contribution >= 4 is 17.7 Å². The van der Waals surface area contributed by atoms with Crippen LogP contribution in [-0.4, -0.2) is 45.1 Å². The van der Waals surface area contributed by atoms with Crippen molar-refractivity contribution in [2.45, 2.75) is 25.0 Å². The monoisotopic (exact) mass is 401 g/mol. The third-order valence-electron chi connectivity index (χ3n) is 3.95. The first-order valence-electron chi connectivity index (χ1n) is 9.09. The molecule has 148 valence electrons. The second-order valence-corrected chi connectivity index (χ2v) is 7.09. The number of esters is 1. The van der Waals surface area contributed by atoms with Crippen LogP contribution in [0.15, 0.2) is 46.0 Å². The van der Waals surface area contributed by atoms with Gasteiger partial charge in [-0.3, -0.25) is 0 Å². The van der Waals surface area contributed by atoms with Gasteiger partial charge in [-0.15, -0.1) is 5.10 Å². The minimum absolute atomic E-state index is 0.313. The van der Waals surface area contributed by atoms with E-state index in [1.54, 1.807) is 35.5 Å². The molecule has 0 amide bonds. The predicted octanol–water partition coefficient (Wildman–Crippen LogP) is 2.92. The second-order valence-electron chi connectivity index (χ2n) is 6.03. The van der Waals surface area contributed by atoms with Gasteiger partial charge in [0.25, 0.3) is 0 Å². The highest BCUT2D eigenvalue weighted by atomic mass is 32.2. The van der Waals surface area contributed by atoms with Gasteiger partial charge < -0.3 is 14.5 Å². The normalized spacial score (nSPS) is 10.9. The summed E-state index contributed by atoms with van der Waals surface area (Å²) in [5, 5.41) is 15.6. The van der Waals surface area contributed by atoms with E-state index in [1.165, 1.54) is 0 Å². The molecular formula is C19H23N5O3S. The van der Waals surface area contributed by atoms with Gasteiger partial charge in [-0.1, -0.05) is 23.9 Å². The first-order chi connectivity index (χ1) is 13.7. The highest BCUT2D eigenvalue weighted by Gasteiger charge is 2.09. The number of ether oxygens (including phenoxy) is 1. The number of thioether (sulfide) groups is 1. The number of hydrogen-bond donors (Lipinski definition) is 1. The molecule has 2 heterocycles. The van der Waals surface area contributed by atoms with Gasteiger partial charge in [0.15, 0.2) is 0 Å². The number of carbonyl (C=O) groups excluding carboxylic acids is 1. The lowest BCUT2D eigenvalue weighted by atomic mass is 10.1. The van der Waals surface area contributed by atoms with Crippen molar-refractivity contribution in [1.82, 2.24) is 25.5 Å². The Labute approximate surface area is 167 Å². The summed E-state index contributed by atoms with van der Waals surface area (Å²) in [7, 11) is 1.83. The van der Waals surface area contributed by atoms with Gasteiger partial charge in [-0.05, 0) is 54.6 Å². The summed E-state index contributed by atoms with van der Waals surface area (Å²) in [4.78, 5) is 11.7. The van der Waals surface area contributed by atoms with Crippen LogP contribution in [0.1, 0.15) is 29.5 Å². The van der Waals surface area contributed by atoms with Crippen LogP contribution in [0.4, 0.5) is 0 Å². The number of furan rings is 1. The van der Waals surface area contributed by atoms with Crippen molar-refractivity contribution in [3.8, 4) is 11.3 Å². The maximum absolute atomic E-state index is 11.7. The van der Waals surface area contributed by atoms with Crippen LogP contribution in [0, 0.1) is 0 Å². The number of benzene rings is 1. The Bertz CT molecular complexity index is 891. The van der Waals surface area contributed by atoms with E-state index in [0.29, 0.717) is 18.7 Å². The summed E-state index contributed by atoms with van der Waals surface area (Å²) >= 11 is 1.64. The predicted molar refractivity (Wildman–Crippen MR) is 106 cm³/mol. The van der Waals surface area contributed by atoms with Crippen LogP contribution in [0.25, 0.3) is 11.3 Å². The van der Waals surface area contributed by atoms with Crippen molar-refractivity contribution in [3.63, 3.8) is 0 Å². The number of nitrogens with zero attached hydrogens (tertiary/aromatic N) is 4. The maximum atomic E-state index is 11.7. The molecule has 2 aromatic heterocycles. The largest absolute Gasteiger partial charge is 0.462 e. The van der Waals surface area contributed by atoms with Gasteiger partial charge in [0.1, 0.15) is 11.5 Å². The number of aromatic nitrogens is 4. The number of aryl methyl sites for hydroxylation is 1. The number of hydrogen-bond acceptors (Lipinski definition) is 8. The molecule has 0 atom stereocenters. The van der Waals surface area contributed by atoms with Gasteiger partial charge in [0, 0.05) is 18.4 Å². The van der Waals surface area contributed by atoms with Gasteiger partial charge in [-0.25, -0.2) is 9.48 Å². The van der Waals surface area contributed by atoms with Crippen LogP contribution in [0.2, 0.25) is 0 Å². The molecule has 0 fully saturated rings. The topological polar surface area (TPSA) is 95.1 Å². The van der Waals surface area contributed by atoms with E-state index in [9.17, 15) is 4.79 Å². The minimum atomic E-state index is -0.313. The average Bonchev–Trinajstić information content (AvgIpc) is 3.34. The fraction of sp³-hybridized carbons (Fsp3) is 0.368. The fourth-order valence-corrected chi connectivity index (χ4v) is 3.32. The van der Waals surface area contributed by atoms with Crippen LogP contribution < -0.4 is 5.32 Å². The summed E-state index contributed by atoms with van der Waals surface area (Å²) in [5.41, 5.74) is 1.46. The van der Waals surface area contributed by atoms with E-state index in [1.807, 2.05) is 31.3 Å². The van der Waals surface area contributed by atoms with Gasteiger partial charge in [0.05, 0.1) is 18.7 Å². The first-order valence-corrected chi connectivity index (χ1v) is 10.1. The lowest BCUT2D eigenvalue weighted by Crippen LogP contribution is -2.14. The molecular weight excluding hydrogens is 378 g/mol. The quantitative estimate of drug-likeness (QED) is 0.315. The molecule has 0 aliphatic heterocycles. The van der Waals surface area contributed by atoms with Crippen LogP contribution in [0.3, 0.4) is 0 Å². The van der Waals surface area contributed by atoms with Gasteiger partial charge in [0.2, 0.25) is 5.16 Å². The molecule has 0 bridgehead atoms. The molecule has 28 heavy (non-hydrogen) atoms. The average molecular weight is 401 g/mol. The van der Waals surface area contributed by atoms with E-state index in [0.717, 1.165) is 41.0 Å². The van der Waals surface area contributed by atoms with E-state index in [-0.39, 0.29) is 5.97 Å². The smallest absolute Gasteiger partial charge is 0.338 e. The highest BCUT2D eigenvalue weighted by molar-refractivity contribution is 7.99. The van der Waals surface area contributed by atoms with Crippen molar-refractivity contribution in [2.24, 2.45) is 7.05 Å². The van der Waals surface area contributed by atoms with E-state index in [2.05, 4.69) is 20.8 Å². The molecule has 0 aliphatic rings. The fourth-order valence-electron chi connectivity index (χ4n) is 2.53. The molecule has 0 spiro atoms. The number of nitrogens with one attached hydrogen (secondary N) is 1. The van der Waals surface area contributed by atoms with Crippen LogP contribution >= 0.6 is 11.8 Å². The molecule has 0 aliphatic carbocycles. The Kier molecular flexibility index (Phi) is 7.21. The lowest BCUT2D eigenvalue weighted by Gasteiger charge is -2.03.